The van der Waals surface area contributed by atoms with Crippen LogP contribution in [-0.2, 0) is 4.79 Å². The van der Waals surface area contributed by atoms with Crippen LogP contribution in [0.5, 0.6) is 0 Å². The van der Waals surface area contributed by atoms with Gasteiger partial charge in [0, 0.05) is 18.5 Å². The van der Waals surface area contributed by atoms with Crippen LogP contribution in [0.2, 0.25) is 0 Å². The van der Waals surface area contributed by atoms with E-state index >= 15 is 0 Å². The van der Waals surface area contributed by atoms with E-state index in [0.29, 0.717) is 18.5 Å². The zero-order chi connectivity index (χ0) is 15.5. The molecule has 0 saturated heterocycles. The Balaban J connectivity index is 2.70. The third-order valence-corrected chi connectivity index (χ3v) is 4.90. The summed E-state index contributed by atoms with van der Waals surface area (Å²) in [5, 5.41) is 0. The summed E-state index contributed by atoms with van der Waals surface area (Å²) in [6.45, 7) is 5.91. The summed E-state index contributed by atoms with van der Waals surface area (Å²) in [5.74, 6) is 0.636. The molecule has 1 saturated carbocycles. The summed E-state index contributed by atoms with van der Waals surface area (Å²) >= 11 is 0. The van der Waals surface area contributed by atoms with Gasteiger partial charge in [-0.1, -0.05) is 52.4 Å². The molecule has 0 radical (unpaired) electrons. The molecule has 1 aliphatic carbocycles. The highest BCUT2D eigenvalue weighted by Crippen LogP contribution is 2.25. The van der Waals surface area contributed by atoms with Crippen molar-refractivity contribution < 1.29 is 4.79 Å². The van der Waals surface area contributed by atoms with Gasteiger partial charge in [-0.15, -0.1) is 0 Å². The molecule has 124 valence electrons. The van der Waals surface area contributed by atoms with E-state index in [1.807, 2.05) is 0 Å². The van der Waals surface area contributed by atoms with Crippen LogP contribution < -0.4 is 5.73 Å². The van der Waals surface area contributed by atoms with Gasteiger partial charge in [-0.25, -0.2) is 0 Å². The van der Waals surface area contributed by atoms with Crippen LogP contribution in [0.4, 0.5) is 0 Å². The van der Waals surface area contributed by atoms with Gasteiger partial charge in [-0.05, 0) is 38.6 Å². The lowest BCUT2D eigenvalue weighted by Gasteiger charge is -2.34. The summed E-state index contributed by atoms with van der Waals surface area (Å²) in [4.78, 5) is 15.2. The minimum absolute atomic E-state index is 0.228. The van der Waals surface area contributed by atoms with E-state index in [9.17, 15) is 4.79 Å². The third-order valence-electron chi connectivity index (χ3n) is 4.90. The first kappa shape index (κ1) is 18.5. The second-order valence-electron chi connectivity index (χ2n) is 6.57. The summed E-state index contributed by atoms with van der Waals surface area (Å²) in [5.41, 5.74) is 5.69. The highest BCUT2D eigenvalue weighted by Gasteiger charge is 2.28. The number of carbonyl (C=O) groups is 1. The number of carbonyl (C=O) groups excluding carboxylic acids is 1. The Morgan fingerprint density at radius 1 is 1.14 bits per heavy atom. The molecule has 1 fully saturated rings. The van der Waals surface area contributed by atoms with Crippen LogP contribution in [0.15, 0.2) is 0 Å². The molecule has 0 spiro atoms. The molecule has 0 heterocycles. The topological polar surface area (TPSA) is 46.3 Å². The van der Waals surface area contributed by atoms with Gasteiger partial charge in [-0.3, -0.25) is 4.79 Å². The van der Waals surface area contributed by atoms with Gasteiger partial charge in [0.15, 0.2) is 0 Å². The lowest BCUT2D eigenvalue weighted by Crippen LogP contribution is -2.44. The minimum atomic E-state index is 0.228. The molecule has 3 heteroatoms. The highest BCUT2D eigenvalue weighted by atomic mass is 16.2. The fraction of sp³-hybridized carbons (Fsp3) is 0.944. The maximum absolute atomic E-state index is 13.0. The second kappa shape index (κ2) is 11.1. The maximum atomic E-state index is 13.0. The molecule has 1 amide bonds. The molecular weight excluding hydrogens is 260 g/mol. The van der Waals surface area contributed by atoms with Gasteiger partial charge >= 0.3 is 0 Å². The van der Waals surface area contributed by atoms with Crippen LogP contribution in [0.1, 0.15) is 84.5 Å². The van der Waals surface area contributed by atoms with E-state index in [1.54, 1.807) is 0 Å². The first-order chi connectivity index (χ1) is 10.2. The lowest BCUT2D eigenvalue weighted by molar-refractivity contribution is -0.138. The molecule has 0 aromatic rings. The van der Waals surface area contributed by atoms with Crippen molar-refractivity contribution >= 4 is 5.91 Å². The molecule has 2 N–H and O–H groups in total. The smallest absolute Gasteiger partial charge is 0.225 e. The molecule has 0 aromatic heterocycles. The number of hydrogen-bond acceptors (Lipinski definition) is 2. The van der Waals surface area contributed by atoms with Crippen molar-refractivity contribution in [2.24, 2.45) is 11.7 Å². The van der Waals surface area contributed by atoms with Crippen molar-refractivity contribution in [3.05, 3.63) is 0 Å². The molecule has 0 aromatic carbocycles. The van der Waals surface area contributed by atoms with Gasteiger partial charge < -0.3 is 10.6 Å². The van der Waals surface area contributed by atoms with Crippen LogP contribution in [0.25, 0.3) is 0 Å². The fourth-order valence-electron chi connectivity index (χ4n) is 3.49. The van der Waals surface area contributed by atoms with E-state index in [4.69, 9.17) is 5.73 Å². The average Bonchev–Trinajstić information content (AvgIpc) is 2.77. The van der Waals surface area contributed by atoms with Gasteiger partial charge in [0.1, 0.15) is 0 Å². The normalized spacial score (nSPS) is 18.2. The van der Waals surface area contributed by atoms with Crippen LogP contribution in [0, 0.1) is 5.92 Å². The van der Waals surface area contributed by atoms with Crippen molar-refractivity contribution in [2.45, 2.75) is 90.5 Å². The van der Waals surface area contributed by atoms with E-state index in [-0.39, 0.29) is 5.92 Å². The number of hydrogen-bond donors (Lipinski definition) is 1. The fourth-order valence-corrected chi connectivity index (χ4v) is 3.49. The number of unbranched alkanes of at least 4 members (excludes halogenated alkanes) is 1. The SMILES string of the molecule is CCCCC(CC)C(=O)N(CCCN)C1CCCCCC1. The molecule has 0 aliphatic heterocycles. The van der Waals surface area contributed by atoms with Crippen molar-refractivity contribution in [1.29, 1.82) is 0 Å². The van der Waals surface area contributed by atoms with E-state index in [2.05, 4.69) is 18.7 Å². The van der Waals surface area contributed by atoms with Crippen molar-refractivity contribution in [3.63, 3.8) is 0 Å². The van der Waals surface area contributed by atoms with Gasteiger partial charge in [0.05, 0.1) is 0 Å². The van der Waals surface area contributed by atoms with Crippen molar-refractivity contribution in [2.75, 3.05) is 13.1 Å². The lowest BCUT2D eigenvalue weighted by atomic mass is 9.95. The Labute approximate surface area is 131 Å². The predicted molar refractivity (Wildman–Crippen MR) is 90.2 cm³/mol. The maximum Gasteiger partial charge on any atom is 0.225 e. The van der Waals surface area contributed by atoms with Crippen LogP contribution in [-0.4, -0.2) is 29.9 Å². The average molecular weight is 296 g/mol. The Morgan fingerprint density at radius 3 is 2.33 bits per heavy atom. The zero-order valence-electron chi connectivity index (χ0n) is 14.3. The molecule has 21 heavy (non-hydrogen) atoms. The second-order valence-corrected chi connectivity index (χ2v) is 6.57. The Hall–Kier alpha value is -0.570. The van der Waals surface area contributed by atoms with Crippen molar-refractivity contribution in [1.82, 2.24) is 4.90 Å². The van der Waals surface area contributed by atoms with E-state index < -0.39 is 0 Å². The Bertz CT molecular complexity index is 272. The van der Waals surface area contributed by atoms with E-state index in [1.165, 1.54) is 51.4 Å². The number of rotatable bonds is 9. The van der Waals surface area contributed by atoms with E-state index in [0.717, 1.165) is 25.8 Å². The molecular formula is C18H36N2O. The largest absolute Gasteiger partial charge is 0.339 e. The molecule has 1 aliphatic rings. The first-order valence-corrected chi connectivity index (χ1v) is 9.25. The summed E-state index contributed by atoms with van der Waals surface area (Å²) < 4.78 is 0. The number of nitrogens with two attached hydrogens (primary N) is 1. The quantitative estimate of drug-likeness (QED) is 0.651. The van der Waals surface area contributed by atoms with Crippen LogP contribution >= 0.6 is 0 Å². The molecule has 1 rings (SSSR count). The Kier molecular flexibility index (Phi) is 9.73. The summed E-state index contributed by atoms with van der Waals surface area (Å²) in [6.07, 6.45) is 12.9. The highest BCUT2D eigenvalue weighted by molar-refractivity contribution is 5.79. The van der Waals surface area contributed by atoms with Crippen molar-refractivity contribution in [3.8, 4) is 0 Å². The molecule has 0 bridgehead atoms. The predicted octanol–water partition coefficient (Wildman–Crippen LogP) is 4.10. The zero-order valence-corrected chi connectivity index (χ0v) is 14.3. The van der Waals surface area contributed by atoms with Gasteiger partial charge in [0.2, 0.25) is 5.91 Å². The number of amides is 1. The Morgan fingerprint density at radius 2 is 1.81 bits per heavy atom. The molecule has 3 nitrogen and oxygen atoms in total. The number of nitrogens with zero attached hydrogens (tertiary/aromatic N) is 1. The summed E-state index contributed by atoms with van der Waals surface area (Å²) in [7, 11) is 0. The molecule has 1 atom stereocenters. The first-order valence-electron chi connectivity index (χ1n) is 9.25. The van der Waals surface area contributed by atoms with Crippen LogP contribution in [0.3, 0.4) is 0 Å². The standard InChI is InChI=1S/C18H36N2O/c1-3-5-11-16(4-2)18(21)20(15-10-14-19)17-12-8-6-7-9-13-17/h16-17H,3-15,19H2,1-2H3. The molecule has 1 unspecified atom stereocenters. The summed E-state index contributed by atoms with van der Waals surface area (Å²) in [6, 6.07) is 0.474. The third kappa shape index (κ3) is 6.37. The van der Waals surface area contributed by atoms with Gasteiger partial charge in [-0.2, -0.15) is 0 Å². The minimum Gasteiger partial charge on any atom is -0.339 e. The van der Waals surface area contributed by atoms with Gasteiger partial charge in [0.25, 0.3) is 0 Å². The monoisotopic (exact) mass is 296 g/mol.